The Morgan fingerprint density at radius 2 is 1.30 bits per heavy atom. The van der Waals surface area contributed by atoms with Crippen molar-refractivity contribution < 1.29 is 0 Å². The van der Waals surface area contributed by atoms with Gasteiger partial charge in [0.1, 0.15) is 5.82 Å². The van der Waals surface area contributed by atoms with Crippen molar-refractivity contribution in [3.05, 3.63) is 97.2 Å². The topological polar surface area (TPSA) is 41.6 Å². The fourth-order valence-electron chi connectivity index (χ4n) is 3.33. The van der Waals surface area contributed by atoms with Crippen molar-refractivity contribution >= 4 is 10.9 Å². The molecule has 128 valence electrons. The number of aromatic nitrogens is 3. The molecule has 0 aliphatic rings. The van der Waals surface area contributed by atoms with Crippen LogP contribution in [0.3, 0.4) is 0 Å². The lowest BCUT2D eigenvalue weighted by Crippen LogP contribution is -1.85. The standard InChI is InChI=1S/C24H17N3/c1-3-9-17(10-4-1)22-23(18-11-5-2-6-12-18)27-24(26-22)20-15-19-13-7-8-14-21(19)25-16-20/h1-16H,(H,26,27). The fourth-order valence-corrected chi connectivity index (χ4v) is 3.33. The molecule has 0 aliphatic heterocycles. The number of nitrogens with zero attached hydrogens (tertiary/aromatic N) is 2. The largest absolute Gasteiger partial charge is 0.337 e. The van der Waals surface area contributed by atoms with Crippen LogP contribution in [0.25, 0.3) is 44.8 Å². The highest BCUT2D eigenvalue weighted by Crippen LogP contribution is 2.33. The molecule has 0 amide bonds. The average molecular weight is 347 g/mol. The van der Waals surface area contributed by atoms with Gasteiger partial charge >= 0.3 is 0 Å². The summed E-state index contributed by atoms with van der Waals surface area (Å²) in [6.45, 7) is 0. The summed E-state index contributed by atoms with van der Waals surface area (Å²) in [5.74, 6) is 0.825. The lowest BCUT2D eigenvalue weighted by Gasteiger charge is -2.02. The van der Waals surface area contributed by atoms with E-state index in [0.29, 0.717) is 0 Å². The average Bonchev–Trinajstić information content (AvgIpc) is 3.20. The second-order valence-corrected chi connectivity index (χ2v) is 6.46. The van der Waals surface area contributed by atoms with Gasteiger partial charge in [0, 0.05) is 28.3 Å². The molecule has 0 aliphatic carbocycles. The molecule has 3 heteroatoms. The molecule has 0 fully saturated rings. The van der Waals surface area contributed by atoms with E-state index < -0.39 is 0 Å². The SMILES string of the molecule is c1ccc(-c2nc(-c3cnc4ccccc4c3)[nH]c2-c2ccccc2)cc1. The maximum Gasteiger partial charge on any atom is 0.140 e. The van der Waals surface area contributed by atoms with Crippen LogP contribution >= 0.6 is 0 Å². The summed E-state index contributed by atoms with van der Waals surface area (Å²) in [5.41, 5.74) is 6.14. The van der Waals surface area contributed by atoms with Crippen LogP contribution in [0.15, 0.2) is 97.2 Å². The van der Waals surface area contributed by atoms with Crippen LogP contribution in [0.4, 0.5) is 0 Å². The quantitative estimate of drug-likeness (QED) is 0.437. The van der Waals surface area contributed by atoms with E-state index in [2.05, 4.69) is 46.4 Å². The van der Waals surface area contributed by atoms with E-state index in [9.17, 15) is 0 Å². The normalized spacial score (nSPS) is 11.0. The Balaban J connectivity index is 1.70. The summed E-state index contributed by atoms with van der Waals surface area (Å²) in [6.07, 6.45) is 1.88. The van der Waals surface area contributed by atoms with Crippen molar-refractivity contribution in [2.75, 3.05) is 0 Å². The molecule has 0 saturated carbocycles. The number of benzene rings is 3. The Labute approximate surface area is 157 Å². The Kier molecular flexibility index (Phi) is 3.76. The highest BCUT2D eigenvalue weighted by Gasteiger charge is 2.15. The van der Waals surface area contributed by atoms with Crippen LogP contribution in [0.5, 0.6) is 0 Å². The summed E-state index contributed by atoms with van der Waals surface area (Å²) < 4.78 is 0. The first kappa shape index (κ1) is 15.5. The van der Waals surface area contributed by atoms with Gasteiger partial charge in [0.05, 0.1) is 16.9 Å². The molecule has 0 unspecified atom stereocenters. The van der Waals surface area contributed by atoms with Gasteiger partial charge in [0.15, 0.2) is 0 Å². The first-order valence-electron chi connectivity index (χ1n) is 8.94. The van der Waals surface area contributed by atoms with Crippen molar-refractivity contribution in [1.29, 1.82) is 0 Å². The van der Waals surface area contributed by atoms with Gasteiger partial charge in [0.25, 0.3) is 0 Å². The fraction of sp³-hybridized carbons (Fsp3) is 0. The summed E-state index contributed by atoms with van der Waals surface area (Å²) >= 11 is 0. The highest BCUT2D eigenvalue weighted by molar-refractivity contribution is 5.85. The smallest absolute Gasteiger partial charge is 0.140 e. The number of aromatic amines is 1. The first-order chi connectivity index (χ1) is 13.4. The van der Waals surface area contributed by atoms with Gasteiger partial charge in [-0.2, -0.15) is 0 Å². The van der Waals surface area contributed by atoms with E-state index in [0.717, 1.165) is 44.8 Å². The Morgan fingerprint density at radius 3 is 2.07 bits per heavy atom. The number of imidazole rings is 1. The van der Waals surface area contributed by atoms with Gasteiger partial charge in [-0.15, -0.1) is 0 Å². The van der Waals surface area contributed by atoms with Crippen LogP contribution in [-0.4, -0.2) is 15.0 Å². The van der Waals surface area contributed by atoms with Gasteiger partial charge < -0.3 is 4.98 Å². The molecular formula is C24H17N3. The minimum atomic E-state index is 0.825. The molecule has 27 heavy (non-hydrogen) atoms. The second-order valence-electron chi connectivity index (χ2n) is 6.46. The van der Waals surface area contributed by atoms with Crippen molar-refractivity contribution in [1.82, 2.24) is 15.0 Å². The molecule has 0 atom stereocenters. The van der Waals surface area contributed by atoms with E-state index in [-0.39, 0.29) is 0 Å². The Morgan fingerprint density at radius 1 is 0.630 bits per heavy atom. The summed E-state index contributed by atoms with van der Waals surface area (Å²) in [5, 5.41) is 1.11. The minimum Gasteiger partial charge on any atom is -0.337 e. The van der Waals surface area contributed by atoms with Crippen LogP contribution in [-0.2, 0) is 0 Å². The Hall–Kier alpha value is -3.72. The molecule has 0 saturated heterocycles. The number of fused-ring (bicyclic) bond motifs is 1. The number of H-pyrrole nitrogens is 1. The zero-order valence-corrected chi connectivity index (χ0v) is 14.6. The van der Waals surface area contributed by atoms with Crippen molar-refractivity contribution in [3.8, 4) is 33.9 Å². The number of para-hydroxylation sites is 1. The number of hydrogen-bond acceptors (Lipinski definition) is 2. The second kappa shape index (κ2) is 6.54. The third kappa shape index (κ3) is 2.89. The third-order valence-electron chi connectivity index (χ3n) is 4.68. The molecule has 0 radical (unpaired) electrons. The van der Waals surface area contributed by atoms with E-state index >= 15 is 0 Å². The number of rotatable bonds is 3. The Bertz CT molecular complexity index is 1150. The minimum absolute atomic E-state index is 0.825. The van der Waals surface area contributed by atoms with Crippen LogP contribution < -0.4 is 0 Å². The van der Waals surface area contributed by atoms with Gasteiger partial charge in [-0.1, -0.05) is 78.9 Å². The van der Waals surface area contributed by atoms with E-state index in [4.69, 9.17) is 4.98 Å². The maximum atomic E-state index is 4.94. The van der Waals surface area contributed by atoms with Gasteiger partial charge in [0.2, 0.25) is 0 Å². The number of nitrogens with one attached hydrogen (secondary N) is 1. The zero-order chi connectivity index (χ0) is 18.1. The molecule has 5 rings (SSSR count). The van der Waals surface area contributed by atoms with Crippen LogP contribution in [0.1, 0.15) is 0 Å². The molecule has 2 heterocycles. The predicted octanol–water partition coefficient (Wildman–Crippen LogP) is 5.96. The van der Waals surface area contributed by atoms with Crippen molar-refractivity contribution in [3.63, 3.8) is 0 Å². The van der Waals surface area contributed by atoms with Gasteiger partial charge in [-0.3, -0.25) is 4.98 Å². The maximum absolute atomic E-state index is 4.94. The molecular weight excluding hydrogens is 330 g/mol. The highest BCUT2D eigenvalue weighted by atomic mass is 14.9. The predicted molar refractivity (Wildman–Crippen MR) is 110 cm³/mol. The van der Waals surface area contributed by atoms with Crippen LogP contribution in [0, 0.1) is 0 Å². The van der Waals surface area contributed by atoms with Gasteiger partial charge in [-0.25, -0.2) is 4.98 Å². The molecule has 0 spiro atoms. The first-order valence-corrected chi connectivity index (χ1v) is 8.94. The summed E-state index contributed by atoms with van der Waals surface area (Å²) in [6, 6.07) is 30.8. The van der Waals surface area contributed by atoms with Gasteiger partial charge in [-0.05, 0) is 12.1 Å². The number of hydrogen-bond donors (Lipinski definition) is 1. The summed E-state index contributed by atoms with van der Waals surface area (Å²) in [7, 11) is 0. The van der Waals surface area contributed by atoms with Crippen molar-refractivity contribution in [2.45, 2.75) is 0 Å². The lowest BCUT2D eigenvalue weighted by molar-refractivity contribution is 1.29. The van der Waals surface area contributed by atoms with Crippen molar-refractivity contribution in [2.24, 2.45) is 0 Å². The lowest BCUT2D eigenvalue weighted by atomic mass is 10.1. The summed E-state index contributed by atoms with van der Waals surface area (Å²) in [4.78, 5) is 13.0. The molecule has 5 aromatic rings. The van der Waals surface area contributed by atoms with E-state index in [1.807, 2.05) is 60.8 Å². The molecule has 1 N–H and O–H groups in total. The molecule has 3 nitrogen and oxygen atoms in total. The number of pyridine rings is 1. The third-order valence-corrected chi connectivity index (χ3v) is 4.68. The monoisotopic (exact) mass is 347 g/mol. The molecule has 2 aromatic heterocycles. The van der Waals surface area contributed by atoms with Crippen LogP contribution in [0.2, 0.25) is 0 Å². The van der Waals surface area contributed by atoms with E-state index in [1.165, 1.54) is 0 Å². The molecule has 3 aromatic carbocycles. The van der Waals surface area contributed by atoms with E-state index in [1.54, 1.807) is 0 Å². The molecule has 0 bridgehead atoms. The zero-order valence-electron chi connectivity index (χ0n) is 14.6.